The van der Waals surface area contributed by atoms with Crippen LogP contribution < -0.4 is 5.43 Å². The van der Waals surface area contributed by atoms with Gasteiger partial charge in [-0.25, -0.2) is 0 Å². The SMILES string of the molecule is CCC1=NNC(C)(c2ccccc2)C1. The second-order valence-electron chi connectivity index (χ2n) is 4.02. The van der Waals surface area contributed by atoms with Crippen LogP contribution in [-0.2, 0) is 5.54 Å². The molecule has 2 nitrogen and oxygen atoms in total. The minimum Gasteiger partial charge on any atom is -0.299 e. The standard InChI is InChI=1S/C12H16N2/c1-3-11-9-12(2,14-13-11)10-7-5-4-6-8-10/h4-8,14H,3,9H2,1-2H3. The van der Waals surface area contributed by atoms with Crippen molar-refractivity contribution in [1.82, 2.24) is 5.43 Å². The molecule has 0 radical (unpaired) electrons. The van der Waals surface area contributed by atoms with Crippen LogP contribution in [0, 0.1) is 0 Å². The van der Waals surface area contributed by atoms with Crippen LogP contribution in [-0.4, -0.2) is 5.71 Å². The highest BCUT2D eigenvalue weighted by atomic mass is 15.4. The summed E-state index contributed by atoms with van der Waals surface area (Å²) in [5, 5.41) is 4.35. The quantitative estimate of drug-likeness (QED) is 0.758. The molecule has 1 unspecified atom stereocenters. The Labute approximate surface area is 85.0 Å². The number of nitrogens with one attached hydrogen (secondary N) is 1. The molecular weight excluding hydrogens is 172 g/mol. The molecule has 0 amide bonds. The zero-order chi connectivity index (χ0) is 10.0. The van der Waals surface area contributed by atoms with Crippen molar-refractivity contribution in [2.75, 3.05) is 0 Å². The lowest BCUT2D eigenvalue weighted by Gasteiger charge is -2.24. The summed E-state index contributed by atoms with van der Waals surface area (Å²) in [6, 6.07) is 10.5. The predicted octanol–water partition coefficient (Wildman–Crippen LogP) is 2.66. The Hall–Kier alpha value is -1.31. The molecule has 1 aromatic rings. The van der Waals surface area contributed by atoms with Gasteiger partial charge >= 0.3 is 0 Å². The van der Waals surface area contributed by atoms with Gasteiger partial charge < -0.3 is 0 Å². The predicted molar refractivity (Wildman–Crippen MR) is 59.3 cm³/mol. The van der Waals surface area contributed by atoms with Gasteiger partial charge in [0.15, 0.2) is 0 Å². The molecule has 0 spiro atoms. The van der Waals surface area contributed by atoms with E-state index in [-0.39, 0.29) is 5.54 Å². The molecule has 0 saturated heterocycles. The third kappa shape index (κ3) is 1.52. The first-order valence-corrected chi connectivity index (χ1v) is 5.13. The van der Waals surface area contributed by atoms with E-state index in [0.29, 0.717) is 0 Å². The number of hydrogen-bond acceptors (Lipinski definition) is 2. The summed E-state index contributed by atoms with van der Waals surface area (Å²) < 4.78 is 0. The maximum atomic E-state index is 4.35. The minimum absolute atomic E-state index is 0.00655. The number of hydrazone groups is 1. The Morgan fingerprint density at radius 2 is 2.07 bits per heavy atom. The maximum Gasteiger partial charge on any atom is 0.0821 e. The summed E-state index contributed by atoms with van der Waals surface area (Å²) >= 11 is 0. The minimum atomic E-state index is 0.00655. The second kappa shape index (κ2) is 3.45. The Morgan fingerprint density at radius 1 is 1.36 bits per heavy atom. The molecule has 1 N–H and O–H groups in total. The number of benzene rings is 1. The molecular formula is C12H16N2. The van der Waals surface area contributed by atoms with Gasteiger partial charge in [-0.15, -0.1) is 0 Å². The summed E-state index contributed by atoms with van der Waals surface area (Å²) in [5.74, 6) is 0. The molecule has 1 aliphatic rings. The summed E-state index contributed by atoms with van der Waals surface area (Å²) in [4.78, 5) is 0. The fourth-order valence-electron chi connectivity index (χ4n) is 1.87. The molecule has 2 rings (SSSR count). The summed E-state index contributed by atoms with van der Waals surface area (Å²) in [5.41, 5.74) is 5.82. The highest BCUT2D eigenvalue weighted by Crippen LogP contribution is 2.29. The molecule has 0 saturated carbocycles. The lowest BCUT2D eigenvalue weighted by Crippen LogP contribution is -2.32. The van der Waals surface area contributed by atoms with Gasteiger partial charge in [0.05, 0.1) is 5.54 Å². The van der Waals surface area contributed by atoms with Crippen LogP contribution in [0.2, 0.25) is 0 Å². The summed E-state index contributed by atoms with van der Waals surface area (Å²) in [6.45, 7) is 4.35. The molecule has 1 aliphatic heterocycles. The van der Waals surface area contributed by atoms with Gasteiger partial charge in [0.1, 0.15) is 0 Å². The Kier molecular flexibility index (Phi) is 2.28. The van der Waals surface area contributed by atoms with Crippen molar-refractivity contribution in [2.45, 2.75) is 32.2 Å². The molecule has 0 fully saturated rings. The molecule has 1 atom stereocenters. The fraction of sp³-hybridized carbons (Fsp3) is 0.417. The molecule has 0 aromatic heterocycles. The van der Waals surface area contributed by atoms with Gasteiger partial charge in [-0.1, -0.05) is 37.3 Å². The van der Waals surface area contributed by atoms with Gasteiger partial charge in [0.2, 0.25) is 0 Å². The van der Waals surface area contributed by atoms with Crippen molar-refractivity contribution in [3.63, 3.8) is 0 Å². The van der Waals surface area contributed by atoms with Crippen molar-refractivity contribution in [3.05, 3.63) is 35.9 Å². The first-order chi connectivity index (χ1) is 6.74. The Morgan fingerprint density at radius 3 is 2.64 bits per heavy atom. The average molecular weight is 188 g/mol. The highest BCUT2D eigenvalue weighted by Gasteiger charge is 2.31. The van der Waals surface area contributed by atoms with Crippen LogP contribution in [0.3, 0.4) is 0 Å². The van der Waals surface area contributed by atoms with Crippen LogP contribution in [0.4, 0.5) is 0 Å². The first kappa shape index (κ1) is 9.25. The van der Waals surface area contributed by atoms with E-state index in [4.69, 9.17) is 0 Å². The van der Waals surface area contributed by atoms with Crippen molar-refractivity contribution in [3.8, 4) is 0 Å². The lowest BCUT2D eigenvalue weighted by atomic mass is 9.88. The van der Waals surface area contributed by atoms with Crippen LogP contribution >= 0.6 is 0 Å². The fourth-order valence-corrected chi connectivity index (χ4v) is 1.87. The number of nitrogens with zero attached hydrogens (tertiary/aromatic N) is 1. The van der Waals surface area contributed by atoms with E-state index in [0.717, 1.165) is 12.8 Å². The third-order valence-electron chi connectivity index (χ3n) is 2.84. The van der Waals surface area contributed by atoms with Crippen LogP contribution in [0.25, 0.3) is 0 Å². The van der Waals surface area contributed by atoms with E-state index in [1.54, 1.807) is 0 Å². The lowest BCUT2D eigenvalue weighted by molar-refractivity contribution is 0.421. The van der Waals surface area contributed by atoms with Gasteiger partial charge in [0, 0.05) is 12.1 Å². The van der Waals surface area contributed by atoms with E-state index in [9.17, 15) is 0 Å². The molecule has 0 bridgehead atoms. The molecule has 1 aromatic carbocycles. The molecule has 1 heterocycles. The van der Waals surface area contributed by atoms with Crippen LogP contribution in [0.1, 0.15) is 32.3 Å². The van der Waals surface area contributed by atoms with Crippen molar-refractivity contribution >= 4 is 5.71 Å². The van der Waals surface area contributed by atoms with Crippen LogP contribution in [0.15, 0.2) is 35.4 Å². The zero-order valence-electron chi connectivity index (χ0n) is 8.75. The smallest absolute Gasteiger partial charge is 0.0821 e. The van der Waals surface area contributed by atoms with E-state index >= 15 is 0 Å². The van der Waals surface area contributed by atoms with E-state index < -0.39 is 0 Å². The number of hydrogen-bond donors (Lipinski definition) is 1. The topological polar surface area (TPSA) is 24.4 Å². The monoisotopic (exact) mass is 188 g/mol. The van der Waals surface area contributed by atoms with E-state index in [1.165, 1.54) is 11.3 Å². The van der Waals surface area contributed by atoms with Gasteiger partial charge in [0.25, 0.3) is 0 Å². The van der Waals surface area contributed by atoms with Crippen molar-refractivity contribution in [2.24, 2.45) is 5.10 Å². The highest BCUT2D eigenvalue weighted by molar-refractivity contribution is 5.86. The first-order valence-electron chi connectivity index (χ1n) is 5.13. The van der Waals surface area contributed by atoms with E-state index in [1.807, 2.05) is 6.07 Å². The van der Waals surface area contributed by atoms with Gasteiger partial charge in [-0.05, 0) is 18.9 Å². The number of rotatable bonds is 2. The van der Waals surface area contributed by atoms with Gasteiger partial charge in [-0.2, -0.15) is 5.10 Å². The molecule has 14 heavy (non-hydrogen) atoms. The second-order valence-corrected chi connectivity index (χ2v) is 4.02. The maximum absolute atomic E-state index is 4.35. The van der Waals surface area contributed by atoms with E-state index in [2.05, 4.69) is 48.6 Å². The Bertz CT molecular complexity index is 343. The average Bonchev–Trinajstić information content (AvgIpc) is 2.63. The van der Waals surface area contributed by atoms with Crippen molar-refractivity contribution < 1.29 is 0 Å². The third-order valence-corrected chi connectivity index (χ3v) is 2.84. The van der Waals surface area contributed by atoms with Crippen LogP contribution in [0.5, 0.6) is 0 Å². The summed E-state index contributed by atoms with van der Waals surface area (Å²) in [7, 11) is 0. The van der Waals surface area contributed by atoms with Gasteiger partial charge in [-0.3, -0.25) is 5.43 Å². The molecule has 74 valence electrons. The normalized spacial score (nSPS) is 25.7. The van der Waals surface area contributed by atoms with Crippen molar-refractivity contribution in [1.29, 1.82) is 0 Å². The zero-order valence-corrected chi connectivity index (χ0v) is 8.75. The Balaban J connectivity index is 2.21. The summed E-state index contributed by atoms with van der Waals surface area (Å²) in [6.07, 6.45) is 2.06. The molecule has 2 heteroatoms. The largest absolute Gasteiger partial charge is 0.299 e. The molecule has 0 aliphatic carbocycles.